The summed E-state index contributed by atoms with van der Waals surface area (Å²) in [4.78, 5) is 16.0. The maximum atomic E-state index is 12.1. The van der Waals surface area contributed by atoms with Crippen LogP contribution in [0.3, 0.4) is 0 Å². The molecule has 0 saturated carbocycles. The average molecular weight is 331 g/mol. The lowest BCUT2D eigenvalue weighted by atomic mass is 10.3. The van der Waals surface area contributed by atoms with Gasteiger partial charge in [-0.05, 0) is 38.1 Å². The number of hydrogen-bond acceptors (Lipinski definition) is 4. The summed E-state index contributed by atoms with van der Waals surface area (Å²) < 4.78 is 7.35. The molecular formula is C16H15ClN4O2. The molecular weight excluding hydrogens is 316 g/mol. The number of rotatable bonds is 4. The van der Waals surface area contributed by atoms with Crippen LogP contribution in [-0.2, 0) is 6.54 Å². The minimum Gasteiger partial charge on any atom is -0.454 e. The summed E-state index contributed by atoms with van der Waals surface area (Å²) in [6.45, 7) is 4.16. The van der Waals surface area contributed by atoms with Crippen molar-refractivity contribution < 1.29 is 9.21 Å². The predicted octanol–water partition coefficient (Wildman–Crippen LogP) is 3.44. The summed E-state index contributed by atoms with van der Waals surface area (Å²) >= 11 is 6.13. The Hall–Kier alpha value is -2.60. The minimum absolute atomic E-state index is 0.240. The number of anilines is 1. The van der Waals surface area contributed by atoms with Crippen LogP contribution in [0.5, 0.6) is 0 Å². The van der Waals surface area contributed by atoms with Crippen molar-refractivity contribution in [3.63, 3.8) is 0 Å². The molecule has 23 heavy (non-hydrogen) atoms. The molecule has 0 spiro atoms. The zero-order valence-corrected chi connectivity index (χ0v) is 13.5. The van der Waals surface area contributed by atoms with Crippen molar-refractivity contribution in [3.05, 3.63) is 64.6 Å². The third-order valence-electron chi connectivity index (χ3n) is 3.42. The van der Waals surface area contributed by atoms with E-state index in [1.807, 2.05) is 13.8 Å². The zero-order chi connectivity index (χ0) is 16.4. The van der Waals surface area contributed by atoms with E-state index < -0.39 is 0 Å². The largest absolute Gasteiger partial charge is 0.454 e. The molecule has 0 aliphatic rings. The maximum Gasteiger partial charge on any atom is 0.291 e. The lowest BCUT2D eigenvalue weighted by Crippen LogP contribution is -2.10. The van der Waals surface area contributed by atoms with Crippen molar-refractivity contribution in [2.75, 3.05) is 5.32 Å². The molecule has 3 rings (SSSR count). The third kappa shape index (κ3) is 3.27. The molecule has 0 radical (unpaired) electrons. The number of aryl methyl sites for hydroxylation is 1. The molecule has 6 nitrogen and oxygen atoms in total. The van der Waals surface area contributed by atoms with E-state index >= 15 is 0 Å². The van der Waals surface area contributed by atoms with E-state index in [9.17, 15) is 4.79 Å². The number of halogens is 1. The van der Waals surface area contributed by atoms with Gasteiger partial charge in [0.15, 0.2) is 5.76 Å². The van der Waals surface area contributed by atoms with Crippen LogP contribution in [0, 0.1) is 13.8 Å². The Morgan fingerprint density at radius 1 is 1.26 bits per heavy atom. The molecule has 1 amide bonds. The first-order chi connectivity index (χ1) is 11.0. The van der Waals surface area contributed by atoms with Gasteiger partial charge in [-0.15, -0.1) is 0 Å². The van der Waals surface area contributed by atoms with Crippen LogP contribution in [0.2, 0.25) is 5.02 Å². The molecule has 0 saturated heterocycles. The van der Waals surface area contributed by atoms with E-state index in [1.54, 1.807) is 41.3 Å². The summed E-state index contributed by atoms with van der Waals surface area (Å²) in [6.07, 6.45) is 3.21. The first kappa shape index (κ1) is 15.3. The lowest BCUT2D eigenvalue weighted by molar-refractivity contribution is 0.0994. The normalized spacial score (nSPS) is 10.7. The van der Waals surface area contributed by atoms with Crippen molar-refractivity contribution in [2.45, 2.75) is 20.4 Å². The summed E-state index contributed by atoms with van der Waals surface area (Å²) in [5, 5.41) is 7.73. The van der Waals surface area contributed by atoms with Gasteiger partial charge in [-0.3, -0.25) is 14.5 Å². The van der Waals surface area contributed by atoms with Gasteiger partial charge in [-0.2, -0.15) is 5.10 Å². The minimum atomic E-state index is -0.311. The average Bonchev–Trinajstić information content (AvgIpc) is 3.10. The van der Waals surface area contributed by atoms with Crippen molar-refractivity contribution >= 4 is 23.2 Å². The van der Waals surface area contributed by atoms with Gasteiger partial charge in [-0.25, -0.2) is 0 Å². The number of carbonyl (C=O) groups excluding carboxylic acids is 1. The van der Waals surface area contributed by atoms with E-state index in [0.717, 1.165) is 11.4 Å². The van der Waals surface area contributed by atoms with Crippen LogP contribution in [-0.4, -0.2) is 20.7 Å². The summed E-state index contributed by atoms with van der Waals surface area (Å²) in [7, 11) is 0. The van der Waals surface area contributed by atoms with Gasteiger partial charge in [0.2, 0.25) is 0 Å². The molecule has 0 aliphatic carbocycles. The van der Waals surface area contributed by atoms with Gasteiger partial charge in [0.1, 0.15) is 5.76 Å². The Kier molecular flexibility index (Phi) is 4.16. The second-order valence-corrected chi connectivity index (χ2v) is 5.48. The fourth-order valence-corrected chi connectivity index (χ4v) is 2.32. The molecule has 0 atom stereocenters. The molecule has 1 N–H and O–H groups in total. The van der Waals surface area contributed by atoms with Gasteiger partial charge in [0.25, 0.3) is 5.91 Å². The van der Waals surface area contributed by atoms with Crippen LogP contribution < -0.4 is 5.32 Å². The van der Waals surface area contributed by atoms with Crippen molar-refractivity contribution in [3.8, 4) is 0 Å². The molecule has 3 aromatic heterocycles. The highest BCUT2D eigenvalue weighted by Gasteiger charge is 2.14. The molecule has 0 unspecified atom stereocenters. The molecule has 118 valence electrons. The van der Waals surface area contributed by atoms with Crippen LogP contribution in [0.15, 0.2) is 41.1 Å². The van der Waals surface area contributed by atoms with E-state index in [-0.39, 0.29) is 11.7 Å². The second kappa shape index (κ2) is 6.26. The number of hydrogen-bond donors (Lipinski definition) is 1. The summed E-state index contributed by atoms with van der Waals surface area (Å²) in [5.41, 5.74) is 2.29. The monoisotopic (exact) mass is 330 g/mol. The Bertz CT molecular complexity index is 839. The van der Waals surface area contributed by atoms with Crippen molar-refractivity contribution in [1.82, 2.24) is 14.8 Å². The third-order valence-corrected chi connectivity index (χ3v) is 3.97. The highest BCUT2D eigenvalue weighted by Crippen LogP contribution is 2.20. The Morgan fingerprint density at radius 2 is 2.00 bits per heavy atom. The van der Waals surface area contributed by atoms with Crippen molar-refractivity contribution in [2.24, 2.45) is 0 Å². The van der Waals surface area contributed by atoms with Crippen LogP contribution in [0.1, 0.15) is 27.7 Å². The standard InChI is InChI=1S/C16H15ClN4O2/c1-10-15(17)11(2)21(20-10)9-13-3-4-14(23-13)16(22)19-12-5-7-18-8-6-12/h3-8H,9H2,1-2H3,(H,18,19,22). The first-order valence-electron chi connectivity index (χ1n) is 7.04. The highest BCUT2D eigenvalue weighted by atomic mass is 35.5. The lowest BCUT2D eigenvalue weighted by Gasteiger charge is -2.03. The number of amides is 1. The SMILES string of the molecule is Cc1nn(Cc2ccc(C(=O)Nc3ccncc3)o2)c(C)c1Cl. The molecule has 0 aromatic carbocycles. The van der Waals surface area contributed by atoms with E-state index in [1.165, 1.54) is 0 Å². The quantitative estimate of drug-likeness (QED) is 0.795. The molecule has 0 bridgehead atoms. The van der Waals surface area contributed by atoms with E-state index in [2.05, 4.69) is 15.4 Å². The fourth-order valence-electron chi connectivity index (χ4n) is 2.19. The predicted molar refractivity (Wildman–Crippen MR) is 86.7 cm³/mol. The molecule has 0 fully saturated rings. The van der Waals surface area contributed by atoms with Gasteiger partial charge in [0.05, 0.1) is 23.0 Å². The van der Waals surface area contributed by atoms with Crippen molar-refractivity contribution in [1.29, 1.82) is 0 Å². The van der Waals surface area contributed by atoms with E-state index in [4.69, 9.17) is 16.0 Å². The number of carbonyl (C=O) groups is 1. The van der Waals surface area contributed by atoms with Gasteiger partial charge >= 0.3 is 0 Å². The van der Waals surface area contributed by atoms with Crippen LogP contribution >= 0.6 is 11.6 Å². The topological polar surface area (TPSA) is 73.0 Å². The van der Waals surface area contributed by atoms with E-state index in [0.29, 0.717) is 23.0 Å². The number of aromatic nitrogens is 3. The number of nitrogens with one attached hydrogen (secondary N) is 1. The Labute approximate surface area is 138 Å². The highest BCUT2D eigenvalue weighted by molar-refractivity contribution is 6.31. The zero-order valence-electron chi connectivity index (χ0n) is 12.7. The molecule has 0 aliphatic heterocycles. The van der Waals surface area contributed by atoms with Gasteiger partial charge in [0, 0.05) is 18.1 Å². The summed E-state index contributed by atoms with van der Waals surface area (Å²) in [5.74, 6) is 0.561. The summed E-state index contributed by atoms with van der Waals surface area (Å²) in [6, 6.07) is 6.81. The van der Waals surface area contributed by atoms with Gasteiger partial charge < -0.3 is 9.73 Å². The first-order valence-corrected chi connectivity index (χ1v) is 7.42. The molecule has 3 aromatic rings. The fraction of sp³-hybridized carbons (Fsp3) is 0.188. The molecule has 3 heterocycles. The maximum absolute atomic E-state index is 12.1. The van der Waals surface area contributed by atoms with Crippen LogP contribution in [0.25, 0.3) is 0 Å². The number of pyridine rings is 1. The number of furan rings is 1. The second-order valence-electron chi connectivity index (χ2n) is 5.10. The number of nitrogens with zero attached hydrogens (tertiary/aromatic N) is 3. The van der Waals surface area contributed by atoms with Gasteiger partial charge in [-0.1, -0.05) is 11.6 Å². The smallest absolute Gasteiger partial charge is 0.291 e. The Balaban J connectivity index is 1.72. The molecule has 7 heteroatoms. The van der Waals surface area contributed by atoms with Crippen LogP contribution in [0.4, 0.5) is 5.69 Å². The Morgan fingerprint density at radius 3 is 2.65 bits per heavy atom.